The molecule has 1 aromatic carbocycles. The fourth-order valence-corrected chi connectivity index (χ4v) is 2.77. The summed E-state index contributed by atoms with van der Waals surface area (Å²) in [6.45, 7) is 1.77. The van der Waals surface area contributed by atoms with Gasteiger partial charge in [0.15, 0.2) is 0 Å². The zero-order chi connectivity index (χ0) is 16.9. The van der Waals surface area contributed by atoms with Gasteiger partial charge in [0.05, 0.1) is 0 Å². The summed E-state index contributed by atoms with van der Waals surface area (Å²) in [5, 5.41) is 4.75. The summed E-state index contributed by atoms with van der Waals surface area (Å²) >= 11 is 1.57. The molecule has 0 saturated carbocycles. The third-order valence-electron chi connectivity index (χ3n) is 3.24. The summed E-state index contributed by atoms with van der Waals surface area (Å²) in [6, 6.07) is 12.5. The van der Waals surface area contributed by atoms with Crippen LogP contribution < -0.4 is 10.9 Å². The summed E-state index contributed by atoms with van der Waals surface area (Å²) in [7, 11) is 0. The van der Waals surface area contributed by atoms with Crippen LogP contribution in [-0.4, -0.2) is 15.9 Å². The summed E-state index contributed by atoms with van der Waals surface area (Å²) in [5.74, 6) is 0.314. The third kappa shape index (κ3) is 4.05. The van der Waals surface area contributed by atoms with Gasteiger partial charge in [0.1, 0.15) is 5.82 Å². The van der Waals surface area contributed by atoms with Gasteiger partial charge < -0.3 is 10.3 Å². The normalized spacial score (nSPS) is 10.9. The minimum absolute atomic E-state index is 0.186. The third-order valence-corrected chi connectivity index (χ3v) is 4.08. The van der Waals surface area contributed by atoms with Crippen LogP contribution in [0.15, 0.2) is 58.7 Å². The number of nitrogens with zero attached hydrogens (tertiary/aromatic N) is 1. The molecule has 0 fully saturated rings. The fourth-order valence-electron chi connectivity index (χ4n) is 2.16. The van der Waals surface area contributed by atoms with Crippen LogP contribution in [0.25, 0.3) is 17.5 Å². The first-order valence-electron chi connectivity index (χ1n) is 7.31. The van der Waals surface area contributed by atoms with Gasteiger partial charge in [-0.15, -0.1) is 11.3 Å². The lowest BCUT2D eigenvalue weighted by atomic mass is 10.2. The van der Waals surface area contributed by atoms with Crippen LogP contribution in [0.5, 0.6) is 0 Å². The molecule has 0 radical (unpaired) electrons. The first-order chi connectivity index (χ1) is 11.6. The molecule has 1 amide bonds. The van der Waals surface area contributed by atoms with Crippen molar-refractivity contribution in [3.63, 3.8) is 0 Å². The smallest absolute Gasteiger partial charge is 0.251 e. The number of aryl methyl sites for hydroxylation is 1. The molecule has 120 valence electrons. The number of nitrogens with one attached hydrogen (secondary N) is 2. The minimum atomic E-state index is -0.196. The van der Waals surface area contributed by atoms with E-state index < -0.39 is 0 Å². The monoisotopic (exact) mass is 337 g/mol. The Kier molecular flexibility index (Phi) is 4.67. The molecule has 0 saturated heterocycles. The number of amides is 1. The maximum absolute atomic E-state index is 11.9. The number of rotatable bonds is 4. The predicted octanol–water partition coefficient (Wildman–Crippen LogP) is 3.46. The van der Waals surface area contributed by atoms with Crippen molar-refractivity contribution in [1.82, 2.24) is 9.97 Å². The molecule has 0 bridgehead atoms. The van der Waals surface area contributed by atoms with E-state index in [1.807, 2.05) is 17.5 Å². The molecule has 0 aliphatic heterocycles. The topological polar surface area (TPSA) is 74.8 Å². The highest BCUT2D eigenvalue weighted by molar-refractivity contribution is 7.10. The average molecular weight is 337 g/mol. The number of carbonyl (C=O) groups excluding carboxylic acids is 1. The Bertz CT molecular complexity index is 926. The molecule has 2 aromatic heterocycles. The lowest BCUT2D eigenvalue weighted by molar-refractivity contribution is -0.111. The Balaban J connectivity index is 1.70. The Morgan fingerprint density at radius 2 is 2.04 bits per heavy atom. The van der Waals surface area contributed by atoms with Crippen molar-refractivity contribution in [2.45, 2.75) is 6.92 Å². The van der Waals surface area contributed by atoms with E-state index in [2.05, 4.69) is 15.3 Å². The van der Waals surface area contributed by atoms with Gasteiger partial charge in [-0.25, -0.2) is 4.98 Å². The van der Waals surface area contributed by atoms with E-state index in [4.69, 9.17) is 0 Å². The van der Waals surface area contributed by atoms with Crippen LogP contribution in [0, 0.1) is 6.92 Å². The molecule has 0 unspecified atom stereocenters. The summed E-state index contributed by atoms with van der Waals surface area (Å²) < 4.78 is 0. The van der Waals surface area contributed by atoms with Crippen molar-refractivity contribution in [3.05, 3.63) is 74.8 Å². The lowest BCUT2D eigenvalue weighted by Gasteiger charge is -2.05. The molecular formula is C18H15N3O2S. The van der Waals surface area contributed by atoms with Gasteiger partial charge in [-0.05, 0) is 48.7 Å². The second-order valence-electron chi connectivity index (χ2n) is 5.15. The second kappa shape index (κ2) is 7.06. The van der Waals surface area contributed by atoms with Crippen LogP contribution in [0.3, 0.4) is 0 Å². The van der Waals surface area contributed by atoms with Gasteiger partial charge in [-0.1, -0.05) is 6.07 Å². The van der Waals surface area contributed by atoms with Crippen molar-refractivity contribution >= 4 is 29.0 Å². The number of carbonyl (C=O) groups is 1. The largest absolute Gasteiger partial charge is 0.323 e. The molecule has 0 aliphatic rings. The fraction of sp³-hybridized carbons (Fsp3) is 0.0556. The SMILES string of the molecule is Cc1cc(=O)[nH]c(-c2ccc(NC(=O)C=Cc3cccs3)cc2)n1. The number of aromatic amines is 1. The molecule has 2 heterocycles. The van der Waals surface area contributed by atoms with E-state index in [1.165, 1.54) is 12.1 Å². The number of benzene rings is 1. The summed E-state index contributed by atoms with van der Waals surface area (Å²) in [6.07, 6.45) is 3.27. The Hall–Kier alpha value is -2.99. The highest BCUT2D eigenvalue weighted by Crippen LogP contribution is 2.17. The number of hydrogen-bond acceptors (Lipinski definition) is 4. The van der Waals surface area contributed by atoms with E-state index in [9.17, 15) is 9.59 Å². The molecule has 6 heteroatoms. The van der Waals surface area contributed by atoms with Crippen molar-refractivity contribution in [2.75, 3.05) is 5.32 Å². The van der Waals surface area contributed by atoms with Crippen LogP contribution in [-0.2, 0) is 4.79 Å². The number of aromatic nitrogens is 2. The minimum Gasteiger partial charge on any atom is -0.323 e. The van der Waals surface area contributed by atoms with Crippen LogP contribution in [0.1, 0.15) is 10.6 Å². The Labute approximate surface area is 142 Å². The molecule has 2 N–H and O–H groups in total. The van der Waals surface area contributed by atoms with Crippen LogP contribution in [0.2, 0.25) is 0 Å². The molecule has 0 spiro atoms. The molecule has 0 atom stereocenters. The molecule has 3 aromatic rings. The van der Waals surface area contributed by atoms with Gasteiger partial charge in [-0.3, -0.25) is 9.59 Å². The first kappa shape index (κ1) is 15.9. The van der Waals surface area contributed by atoms with E-state index in [0.717, 1.165) is 10.4 Å². The highest BCUT2D eigenvalue weighted by Gasteiger charge is 2.03. The predicted molar refractivity (Wildman–Crippen MR) is 97.0 cm³/mol. The zero-order valence-corrected chi connectivity index (χ0v) is 13.8. The number of H-pyrrole nitrogens is 1. The first-order valence-corrected chi connectivity index (χ1v) is 8.19. The standard InChI is InChI=1S/C18H15N3O2S/c1-12-11-17(23)21-18(19-12)13-4-6-14(7-5-13)20-16(22)9-8-15-3-2-10-24-15/h2-11H,1H3,(H,20,22)(H,19,21,23). The summed E-state index contributed by atoms with van der Waals surface area (Å²) in [4.78, 5) is 31.4. The van der Waals surface area contributed by atoms with Gasteiger partial charge >= 0.3 is 0 Å². The quantitative estimate of drug-likeness (QED) is 0.716. The van der Waals surface area contributed by atoms with Crippen molar-refractivity contribution in [1.29, 1.82) is 0 Å². The lowest BCUT2D eigenvalue weighted by Crippen LogP contribution is -2.09. The Morgan fingerprint density at radius 3 is 2.71 bits per heavy atom. The second-order valence-corrected chi connectivity index (χ2v) is 6.13. The molecule has 0 aliphatic carbocycles. The molecule has 3 rings (SSSR count). The molecular weight excluding hydrogens is 322 g/mol. The maximum atomic E-state index is 11.9. The van der Waals surface area contributed by atoms with Gasteiger partial charge in [0, 0.05) is 34.0 Å². The molecule has 24 heavy (non-hydrogen) atoms. The number of thiophene rings is 1. The van der Waals surface area contributed by atoms with Gasteiger partial charge in [0.2, 0.25) is 5.91 Å². The van der Waals surface area contributed by atoms with Gasteiger partial charge in [0.25, 0.3) is 5.56 Å². The van der Waals surface area contributed by atoms with Crippen LogP contribution >= 0.6 is 11.3 Å². The van der Waals surface area contributed by atoms with Crippen molar-refractivity contribution in [2.24, 2.45) is 0 Å². The number of hydrogen-bond donors (Lipinski definition) is 2. The van der Waals surface area contributed by atoms with Crippen molar-refractivity contribution < 1.29 is 4.79 Å². The van der Waals surface area contributed by atoms with Gasteiger partial charge in [-0.2, -0.15) is 0 Å². The maximum Gasteiger partial charge on any atom is 0.251 e. The number of anilines is 1. The molecule has 5 nitrogen and oxygen atoms in total. The van der Waals surface area contributed by atoms with Crippen LogP contribution in [0.4, 0.5) is 5.69 Å². The average Bonchev–Trinajstić information content (AvgIpc) is 3.06. The zero-order valence-electron chi connectivity index (χ0n) is 12.9. The Morgan fingerprint density at radius 1 is 1.25 bits per heavy atom. The van der Waals surface area contributed by atoms with Crippen molar-refractivity contribution in [3.8, 4) is 11.4 Å². The highest BCUT2D eigenvalue weighted by atomic mass is 32.1. The van der Waals surface area contributed by atoms with E-state index in [1.54, 1.807) is 48.6 Å². The van der Waals surface area contributed by atoms with E-state index >= 15 is 0 Å². The summed E-state index contributed by atoms with van der Waals surface area (Å²) in [5.41, 5.74) is 1.93. The van der Waals surface area contributed by atoms with E-state index in [-0.39, 0.29) is 11.5 Å². The van der Waals surface area contributed by atoms with E-state index in [0.29, 0.717) is 17.2 Å².